The summed E-state index contributed by atoms with van der Waals surface area (Å²) in [6.07, 6.45) is 0.937. The van der Waals surface area contributed by atoms with Gasteiger partial charge in [0.2, 0.25) is 0 Å². The SMILES string of the molecule is CCC(C)C(=O)CSc1cc(C)ccc1C. The molecule has 0 saturated heterocycles. The Balaban J connectivity index is 2.61. The molecule has 0 fully saturated rings. The molecule has 0 aromatic heterocycles. The van der Waals surface area contributed by atoms with Gasteiger partial charge in [0.05, 0.1) is 5.75 Å². The summed E-state index contributed by atoms with van der Waals surface area (Å²) in [5.41, 5.74) is 2.51. The lowest BCUT2D eigenvalue weighted by Crippen LogP contribution is -2.12. The summed E-state index contributed by atoms with van der Waals surface area (Å²) in [6, 6.07) is 6.38. The van der Waals surface area contributed by atoms with Gasteiger partial charge in [0.1, 0.15) is 5.78 Å². The summed E-state index contributed by atoms with van der Waals surface area (Å²) in [5, 5.41) is 0. The van der Waals surface area contributed by atoms with Gasteiger partial charge >= 0.3 is 0 Å². The minimum absolute atomic E-state index is 0.192. The van der Waals surface area contributed by atoms with Crippen molar-refractivity contribution in [2.45, 2.75) is 39.0 Å². The molecule has 0 heterocycles. The van der Waals surface area contributed by atoms with Crippen molar-refractivity contribution in [1.82, 2.24) is 0 Å². The molecule has 0 saturated carbocycles. The smallest absolute Gasteiger partial charge is 0.145 e. The monoisotopic (exact) mass is 236 g/mol. The normalized spacial score (nSPS) is 12.5. The van der Waals surface area contributed by atoms with Crippen molar-refractivity contribution in [3.8, 4) is 0 Å². The first-order valence-electron chi connectivity index (χ1n) is 5.77. The number of benzene rings is 1. The molecule has 0 aliphatic rings. The van der Waals surface area contributed by atoms with Crippen LogP contribution in [-0.4, -0.2) is 11.5 Å². The van der Waals surface area contributed by atoms with Gasteiger partial charge < -0.3 is 0 Å². The predicted octanol–water partition coefficient (Wildman–Crippen LogP) is 4.01. The Labute approximate surface area is 103 Å². The Hall–Kier alpha value is -0.760. The van der Waals surface area contributed by atoms with Gasteiger partial charge in [0.25, 0.3) is 0 Å². The molecule has 16 heavy (non-hydrogen) atoms. The number of Topliss-reactive ketones (excluding diaryl/α,β-unsaturated/α-hetero) is 1. The standard InChI is InChI=1S/C14H20OS/c1-5-11(3)13(15)9-16-14-8-10(2)6-7-12(14)4/h6-8,11H,5,9H2,1-4H3. The minimum Gasteiger partial charge on any atom is -0.298 e. The van der Waals surface area contributed by atoms with Crippen molar-refractivity contribution in [3.63, 3.8) is 0 Å². The highest BCUT2D eigenvalue weighted by atomic mass is 32.2. The minimum atomic E-state index is 0.192. The zero-order valence-electron chi connectivity index (χ0n) is 10.5. The van der Waals surface area contributed by atoms with E-state index in [1.165, 1.54) is 16.0 Å². The molecule has 0 bridgehead atoms. The Morgan fingerprint density at radius 3 is 2.69 bits per heavy atom. The molecule has 1 aromatic carbocycles. The van der Waals surface area contributed by atoms with E-state index >= 15 is 0 Å². The van der Waals surface area contributed by atoms with Gasteiger partial charge in [0, 0.05) is 10.8 Å². The number of thioether (sulfide) groups is 1. The third-order valence-electron chi connectivity index (χ3n) is 2.88. The molecule has 1 unspecified atom stereocenters. The van der Waals surface area contributed by atoms with Crippen LogP contribution in [0, 0.1) is 19.8 Å². The molecular formula is C14H20OS. The average Bonchev–Trinajstić information content (AvgIpc) is 2.28. The largest absolute Gasteiger partial charge is 0.298 e. The predicted molar refractivity (Wildman–Crippen MR) is 71.1 cm³/mol. The quantitative estimate of drug-likeness (QED) is 0.718. The van der Waals surface area contributed by atoms with Crippen LogP contribution in [0.15, 0.2) is 23.1 Å². The van der Waals surface area contributed by atoms with E-state index in [2.05, 4.69) is 39.0 Å². The van der Waals surface area contributed by atoms with E-state index in [1.54, 1.807) is 11.8 Å². The van der Waals surface area contributed by atoms with E-state index < -0.39 is 0 Å². The van der Waals surface area contributed by atoms with E-state index in [1.807, 2.05) is 6.92 Å². The van der Waals surface area contributed by atoms with E-state index in [-0.39, 0.29) is 5.92 Å². The van der Waals surface area contributed by atoms with Gasteiger partial charge in [0.15, 0.2) is 0 Å². The first-order chi connectivity index (χ1) is 7.54. The van der Waals surface area contributed by atoms with E-state index in [0.29, 0.717) is 11.5 Å². The molecule has 1 aromatic rings. The van der Waals surface area contributed by atoms with Crippen LogP contribution in [0.5, 0.6) is 0 Å². The zero-order chi connectivity index (χ0) is 12.1. The van der Waals surface area contributed by atoms with Gasteiger partial charge in [-0.25, -0.2) is 0 Å². The number of aryl methyl sites for hydroxylation is 2. The first-order valence-corrected chi connectivity index (χ1v) is 6.76. The lowest BCUT2D eigenvalue weighted by molar-refractivity contribution is -0.119. The summed E-state index contributed by atoms with van der Waals surface area (Å²) in [5.74, 6) is 1.14. The highest BCUT2D eigenvalue weighted by molar-refractivity contribution is 8.00. The fourth-order valence-electron chi connectivity index (χ4n) is 1.38. The van der Waals surface area contributed by atoms with Crippen molar-refractivity contribution in [2.75, 3.05) is 5.75 Å². The second-order valence-electron chi connectivity index (χ2n) is 4.33. The van der Waals surface area contributed by atoms with Crippen LogP contribution in [0.2, 0.25) is 0 Å². The van der Waals surface area contributed by atoms with E-state index in [0.717, 1.165) is 6.42 Å². The summed E-state index contributed by atoms with van der Waals surface area (Å²) in [7, 11) is 0. The topological polar surface area (TPSA) is 17.1 Å². The van der Waals surface area contributed by atoms with Gasteiger partial charge in [-0.3, -0.25) is 4.79 Å². The molecule has 0 radical (unpaired) electrons. The molecular weight excluding hydrogens is 216 g/mol. The Morgan fingerprint density at radius 1 is 1.38 bits per heavy atom. The zero-order valence-corrected chi connectivity index (χ0v) is 11.4. The van der Waals surface area contributed by atoms with Crippen LogP contribution in [0.3, 0.4) is 0 Å². The third-order valence-corrected chi connectivity index (χ3v) is 4.06. The maximum Gasteiger partial charge on any atom is 0.145 e. The number of hydrogen-bond donors (Lipinski definition) is 0. The molecule has 2 heteroatoms. The lowest BCUT2D eigenvalue weighted by Gasteiger charge is -2.09. The summed E-state index contributed by atoms with van der Waals surface area (Å²) >= 11 is 1.66. The molecule has 0 amide bonds. The maximum atomic E-state index is 11.7. The van der Waals surface area contributed by atoms with Crippen molar-refractivity contribution < 1.29 is 4.79 Å². The Kier molecular flexibility index (Phi) is 5.07. The number of rotatable bonds is 5. The fourth-order valence-corrected chi connectivity index (χ4v) is 2.53. The summed E-state index contributed by atoms with van der Waals surface area (Å²) in [4.78, 5) is 13.0. The lowest BCUT2D eigenvalue weighted by atomic mass is 10.1. The first kappa shape index (κ1) is 13.3. The average molecular weight is 236 g/mol. The number of ketones is 1. The fraction of sp³-hybridized carbons (Fsp3) is 0.500. The van der Waals surface area contributed by atoms with Crippen LogP contribution in [0.25, 0.3) is 0 Å². The van der Waals surface area contributed by atoms with Crippen LogP contribution >= 0.6 is 11.8 Å². The Morgan fingerprint density at radius 2 is 2.06 bits per heavy atom. The molecule has 0 aliphatic carbocycles. The van der Waals surface area contributed by atoms with E-state index in [4.69, 9.17) is 0 Å². The molecule has 1 rings (SSSR count). The van der Waals surface area contributed by atoms with Gasteiger partial charge in [-0.2, -0.15) is 0 Å². The van der Waals surface area contributed by atoms with Crippen LogP contribution < -0.4 is 0 Å². The Bertz CT molecular complexity index is 371. The van der Waals surface area contributed by atoms with Gasteiger partial charge in [-0.05, 0) is 31.9 Å². The molecule has 1 nitrogen and oxygen atoms in total. The number of carbonyl (C=O) groups excluding carboxylic acids is 1. The van der Waals surface area contributed by atoms with Crippen LogP contribution in [0.1, 0.15) is 31.4 Å². The molecule has 0 N–H and O–H groups in total. The molecule has 1 atom stereocenters. The number of hydrogen-bond acceptors (Lipinski definition) is 2. The second-order valence-corrected chi connectivity index (χ2v) is 5.35. The third kappa shape index (κ3) is 3.67. The maximum absolute atomic E-state index is 11.7. The van der Waals surface area contributed by atoms with Crippen LogP contribution in [0.4, 0.5) is 0 Å². The molecule has 0 spiro atoms. The van der Waals surface area contributed by atoms with Gasteiger partial charge in [-0.15, -0.1) is 11.8 Å². The summed E-state index contributed by atoms with van der Waals surface area (Å²) < 4.78 is 0. The highest BCUT2D eigenvalue weighted by Crippen LogP contribution is 2.24. The van der Waals surface area contributed by atoms with Crippen molar-refractivity contribution in [3.05, 3.63) is 29.3 Å². The van der Waals surface area contributed by atoms with Crippen molar-refractivity contribution >= 4 is 17.5 Å². The molecule has 0 aliphatic heterocycles. The number of carbonyl (C=O) groups is 1. The van der Waals surface area contributed by atoms with Crippen molar-refractivity contribution in [2.24, 2.45) is 5.92 Å². The van der Waals surface area contributed by atoms with Gasteiger partial charge in [-0.1, -0.05) is 31.5 Å². The molecule has 88 valence electrons. The van der Waals surface area contributed by atoms with Crippen molar-refractivity contribution in [1.29, 1.82) is 0 Å². The summed E-state index contributed by atoms with van der Waals surface area (Å²) in [6.45, 7) is 8.24. The highest BCUT2D eigenvalue weighted by Gasteiger charge is 2.11. The second kappa shape index (κ2) is 6.09. The van der Waals surface area contributed by atoms with E-state index in [9.17, 15) is 4.79 Å². The van der Waals surface area contributed by atoms with Crippen LogP contribution in [-0.2, 0) is 4.79 Å².